The lowest BCUT2D eigenvalue weighted by atomic mass is 10.1. The van der Waals surface area contributed by atoms with Crippen LogP contribution in [0.4, 0.5) is 0 Å². The Bertz CT molecular complexity index is 565. The Morgan fingerprint density at radius 1 is 1.37 bits per heavy atom. The molecule has 1 aromatic carbocycles. The van der Waals surface area contributed by atoms with Gasteiger partial charge in [-0.25, -0.2) is 9.67 Å². The molecule has 4 nitrogen and oxygen atoms in total. The molecule has 0 bridgehead atoms. The average molecular weight is 275 g/mol. The molecule has 0 aliphatic rings. The summed E-state index contributed by atoms with van der Waals surface area (Å²) >= 11 is 1.59. The fourth-order valence-corrected chi connectivity index (χ4v) is 2.55. The van der Waals surface area contributed by atoms with E-state index in [-0.39, 0.29) is 5.78 Å². The van der Waals surface area contributed by atoms with Crippen molar-refractivity contribution >= 4 is 17.5 Å². The molecule has 0 atom stereocenters. The molecule has 5 heteroatoms. The zero-order valence-corrected chi connectivity index (χ0v) is 12.0. The SMILES string of the molecule is CCCn1ncnc1CC(=O)c1ccccc1SC. The van der Waals surface area contributed by atoms with Crippen LogP contribution >= 0.6 is 11.8 Å². The molecule has 0 N–H and O–H groups in total. The van der Waals surface area contributed by atoms with Crippen molar-refractivity contribution in [1.29, 1.82) is 0 Å². The zero-order chi connectivity index (χ0) is 13.7. The fraction of sp³-hybridized carbons (Fsp3) is 0.357. The first-order valence-corrected chi connectivity index (χ1v) is 7.51. The second-order valence-electron chi connectivity index (χ2n) is 4.20. The number of aromatic nitrogens is 3. The summed E-state index contributed by atoms with van der Waals surface area (Å²) in [6.07, 6.45) is 4.77. The molecule has 0 spiro atoms. The highest BCUT2D eigenvalue weighted by Gasteiger charge is 2.14. The van der Waals surface area contributed by atoms with Gasteiger partial charge in [-0.2, -0.15) is 5.10 Å². The lowest BCUT2D eigenvalue weighted by Crippen LogP contribution is -2.12. The maximum Gasteiger partial charge on any atom is 0.171 e. The van der Waals surface area contributed by atoms with Gasteiger partial charge >= 0.3 is 0 Å². The van der Waals surface area contributed by atoms with Gasteiger partial charge in [0.2, 0.25) is 0 Å². The first kappa shape index (κ1) is 13.8. The van der Waals surface area contributed by atoms with Crippen LogP contribution < -0.4 is 0 Å². The third kappa shape index (κ3) is 3.23. The number of benzene rings is 1. The summed E-state index contributed by atoms with van der Waals surface area (Å²) in [5.74, 6) is 0.832. The maximum absolute atomic E-state index is 12.4. The van der Waals surface area contributed by atoms with Crippen LogP contribution in [0.5, 0.6) is 0 Å². The van der Waals surface area contributed by atoms with Crippen molar-refractivity contribution in [1.82, 2.24) is 14.8 Å². The van der Waals surface area contributed by atoms with Crippen molar-refractivity contribution < 1.29 is 4.79 Å². The first-order chi connectivity index (χ1) is 9.26. The molecule has 0 saturated carbocycles. The molecule has 1 heterocycles. The summed E-state index contributed by atoms with van der Waals surface area (Å²) < 4.78 is 1.81. The maximum atomic E-state index is 12.4. The van der Waals surface area contributed by atoms with Crippen LogP contribution in [0.2, 0.25) is 0 Å². The van der Waals surface area contributed by atoms with Gasteiger partial charge in [-0.05, 0) is 18.7 Å². The lowest BCUT2D eigenvalue weighted by molar-refractivity contribution is 0.0986. The van der Waals surface area contributed by atoms with Crippen molar-refractivity contribution in [2.24, 2.45) is 0 Å². The Morgan fingerprint density at radius 2 is 2.16 bits per heavy atom. The molecule has 0 aliphatic heterocycles. The number of Topliss-reactive ketones (excluding diaryl/α,β-unsaturated/α-hetero) is 1. The van der Waals surface area contributed by atoms with Gasteiger partial charge in [-0.3, -0.25) is 4.79 Å². The highest BCUT2D eigenvalue weighted by Crippen LogP contribution is 2.21. The standard InChI is InChI=1S/C14H17N3OS/c1-3-8-17-14(15-10-16-17)9-12(18)11-6-4-5-7-13(11)19-2/h4-7,10H,3,8-9H2,1-2H3. The van der Waals surface area contributed by atoms with Crippen molar-refractivity contribution in [3.63, 3.8) is 0 Å². The summed E-state index contributed by atoms with van der Waals surface area (Å²) in [4.78, 5) is 17.5. The Balaban J connectivity index is 2.18. The molecule has 1 aromatic heterocycles. The number of ketones is 1. The van der Waals surface area contributed by atoms with Gasteiger partial charge in [0.25, 0.3) is 0 Å². The largest absolute Gasteiger partial charge is 0.294 e. The Kier molecular flexibility index (Phi) is 4.74. The predicted molar refractivity (Wildman–Crippen MR) is 76.6 cm³/mol. The van der Waals surface area contributed by atoms with Crippen molar-refractivity contribution in [2.45, 2.75) is 31.2 Å². The topological polar surface area (TPSA) is 47.8 Å². The third-order valence-corrected chi connectivity index (χ3v) is 3.65. The number of rotatable bonds is 6. The molecule has 19 heavy (non-hydrogen) atoms. The molecular weight excluding hydrogens is 258 g/mol. The van der Waals surface area contributed by atoms with E-state index in [0.717, 1.165) is 29.2 Å². The summed E-state index contributed by atoms with van der Waals surface area (Å²) in [6, 6.07) is 7.68. The monoisotopic (exact) mass is 275 g/mol. The van der Waals surface area contributed by atoms with Gasteiger partial charge in [-0.1, -0.05) is 25.1 Å². The minimum Gasteiger partial charge on any atom is -0.294 e. The Morgan fingerprint density at radius 3 is 2.89 bits per heavy atom. The molecule has 100 valence electrons. The molecule has 0 radical (unpaired) electrons. The van der Waals surface area contributed by atoms with Crippen LogP contribution in [0.25, 0.3) is 0 Å². The van der Waals surface area contributed by atoms with E-state index in [4.69, 9.17) is 0 Å². The Hall–Kier alpha value is -1.62. The van der Waals surface area contributed by atoms with Crippen molar-refractivity contribution in [3.8, 4) is 0 Å². The summed E-state index contributed by atoms with van der Waals surface area (Å²) in [5, 5.41) is 4.14. The minimum atomic E-state index is 0.0929. The van der Waals surface area contributed by atoms with Gasteiger partial charge in [0.1, 0.15) is 12.2 Å². The highest BCUT2D eigenvalue weighted by atomic mass is 32.2. The smallest absolute Gasteiger partial charge is 0.171 e. The average Bonchev–Trinajstić information content (AvgIpc) is 2.86. The van der Waals surface area contributed by atoms with Gasteiger partial charge in [0.15, 0.2) is 5.78 Å². The van der Waals surface area contributed by atoms with Gasteiger partial charge < -0.3 is 0 Å². The third-order valence-electron chi connectivity index (χ3n) is 2.86. The summed E-state index contributed by atoms with van der Waals surface area (Å²) in [7, 11) is 0. The number of nitrogens with zero attached hydrogens (tertiary/aromatic N) is 3. The van der Waals surface area contributed by atoms with Crippen LogP contribution in [0.1, 0.15) is 29.5 Å². The van der Waals surface area contributed by atoms with E-state index >= 15 is 0 Å². The number of carbonyl (C=O) groups is 1. The molecule has 0 saturated heterocycles. The molecule has 0 fully saturated rings. The number of aryl methyl sites for hydroxylation is 1. The second kappa shape index (κ2) is 6.52. The van der Waals surface area contributed by atoms with Gasteiger partial charge in [0.05, 0.1) is 6.42 Å². The van der Waals surface area contributed by atoms with Gasteiger partial charge in [-0.15, -0.1) is 11.8 Å². The van der Waals surface area contributed by atoms with Crippen LogP contribution in [0.3, 0.4) is 0 Å². The predicted octanol–water partition coefficient (Wildman–Crippen LogP) is 2.84. The van der Waals surface area contributed by atoms with E-state index < -0.39 is 0 Å². The van der Waals surface area contributed by atoms with Crippen LogP contribution in [-0.2, 0) is 13.0 Å². The van der Waals surface area contributed by atoms with E-state index in [1.165, 1.54) is 6.33 Å². The summed E-state index contributed by atoms with van der Waals surface area (Å²) in [6.45, 7) is 2.88. The number of carbonyl (C=O) groups excluding carboxylic acids is 1. The molecule has 0 unspecified atom stereocenters. The lowest BCUT2D eigenvalue weighted by Gasteiger charge is -2.07. The minimum absolute atomic E-state index is 0.0929. The molecule has 2 rings (SSSR count). The number of hydrogen-bond donors (Lipinski definition) is 0. The number of hydrogen-bond acceptors (Lipinski definition) is 4. The first-order valence-electron chi connectivity index (χ1n) is 6.29. The normalized spacial score (nSPS) is 10.6. The molecule has 0 aliphatic carbocycles. The van der Waals surface area contributed by atoms with E-state index in [9.17, 15) is 4.79 Å². The van der Waals surface area contributed by atoms with E-state index in [1.807, 2.05) is 30.5 Å². The second-order valence-corrected chi connectivity index (χ2v) is 5.05. The molecule has 0 amide bonds. The van der Waals surface area contributed by atoms with E-state index in [1.54, 1.807) is 16.4 Å². The van der Waals surface area contributed by atoms with Crippen LogP contribution in [-0.4, -0.2) is 26.8 Å². The molecular formula is C14H17N3OS. The van der Waals surface area contributed by atoms with Crippen LogP contribution in [0, 0.1) is 0 Å². The Labute approximate surface area is 117 Å². The molecule has 2 aromatic rings. The zero-order valence-electron chi connectivity index (χ0n) is 11.2. The fourth-order valence-electron chi connectivity index (χ4n) is 1.94. The number of thioether (sulfide) groups is 1. The highest BCUT2D eigenvalue weighted by molar-refractivity contribution is 7.98. The van der Waals surface area contributed by atoms with E-state index in [0.29, 0.717) is 6.42 Å². The summed E-state index contributed by atoms with van der Waals surface area (Å²) in [5.41, 5.74) is 0.765. The van der Waals surface area contributed by atoms with Crippen molar-refractivity contribution in [2.75, 3.05) is 6.26 Å². The van der Waals surface area contributed by atoms with E-state index in [2.05, 4.69) is 17.0 Å². The quantitative estimate of drug-likeness (QED) is 0.601. The van der Waals surface area contributed by atoms with Gasteiger partial charge in [0, 0.05) is 17.0 Å². The van der Waals surface area contributed by atoms with Crippen LogP contribution in [0.15, 0.2) is 35.5 Å². The van der Waals surface area contributed by atoms with Crippen molar-refractivity contribution in [3.05, 3.63) is 42.0 Å².